The van der Waals surface area contributed by atoms with Gasteiger partial charge in [-0.2, -0.15) is 13.2 Å². The van der Waals surface area contributed by atoms with E-state index in [1.807, 2.05) is 30.3 Å². The van der Waals surface area contributed by atoms with Gasteiger partial charge in [-0.25, -0.2) is 4.79 Å². The summed E-state index contributed by atoms with van der Waals surface area (Å²) >= 11 is 0. The van der Waals surface area contributed by atoms with Crippen LogP contribution in [0.5, 0.6) is 0 Å². The number of alkyl halides is 3. The molecule has 0 N–H and O–H groups in total. The van der Waals surface area contributed by atoms with Crippen molar-refractivity contribution in [3.05, 3.63) is 66.2 Å². The van der Waals surface area contributed by atoms with E-state index in [2.05, 4.69) is 13.1 Å². The summed E-state index contributed by atoms with van der Waals surface area (Å²) in [5, 5.41) is 1.11. The molecule has 0 bridgehead atoms. The third-order valence-corrected chi connectivity index (χ3v) is 7.19. The van der Waals surface area contributed by atoms with Crippen molar-refractivity contribution in [2.24, 2.45) is 0 Å². The van der Waals surface area contributed by atoms with Crippen molar-refractivity contribution in [1.82, 2.24) is 0 Å². The van der Waals surface area contributed by atoms with Gasteiger partial charge in [-0.1, -0.05) is 78.9 Å². The zero-order valence-corrected chi connectivity index (χ0v) is 14.5. The smallest absolute Gasteiger partial charge is 0.451 e. The Hall–Kier alpha value is -2.08. The van der Waals surface area contributed by atoms with Crippen LogP contribution in [0.1, 0.15) is 11.7 Å². The van der Waals surface area contributed by atoms with Gasteiger partial charge in [-0.3, -0.25) is 0 Å². The molecule has 0 fully saturated rings. The van der Waals surface area contributed by atoms with Crippen molar-refractivity contribution in [2.75, 3.05) is 0 Å². The SMILES string of the molecule is C[Si](C)(C[C@@H](OC(=O)C(F)(F)F)c1ccccc1)c1ccccc1. The lowest BCUT2D eigenvalue weighted by atomic mass is 10.1. The third kappa shape index (κ3) is 4.71. The van der Waals surface area contributed by atoms with Crippen LogP contribution in [-0.4, -0.2) is 20.2 Å². The highest BCUT2D eigenvalue weighted by atomic mass is 28.3. The Morgan fingerprint density at radius 1 is 1.00 bits per heavy atom. The molecule has 0 saturated heterocycles. The van der Waals surface area contributed by atoms with Gasteiger partial charge in [-0.15, -0.1) is 0 Å². The lowest BCUT2D eigenvalue weighted by molar-refractivity contribution is -0.204. The summed E-state index contributed by atoms with van der Waals surface area (Å²) in [6.07, 6.45) is -5.91. The maximum Gasteiger partial charge on any atom is 0.490 e. The molecule has 2 rings (SSSR count). The molecule has 6 heteroatoms. The van der Waals surface area contributed by atoms with Crippen LogP contribution in [0.3, 0.4) is 0 Å². The number of carbonyl (C=O) groups excluding carboxylic acids is 1. The molecule has 0 amide bonds. The minimum absolute atomic E-state index is 0.378. The molecule has 24 heavy (non-hydrogen) atoms. The minimum atomic E-state index is -4.99. The van der Waals surface area contributed by atoms with E-state index in [4.69, 9.17) is 4.74 Å². The number of esters is 1. The van der Waals surface area contributed by atoms with Crippen LogP contribution >= 0.6 is 0 Å². The van der Waals surface area contributed by atoms with Crippen LogP contribution < -0.4 is 5.19 Å². The van der Waals surface area contributed by atoms with E-state index in [9.17, 15) is 18.0 Å². The molecule has 0 aliphatic heterocycles. The fraction of sp³-hybridized carbons (Fsp3) is 0.278. The van der Waals surface area contributed by atoms with E-state index in [0.717, 1.165) is 5.19 Å². The summed E-state index contributed by atoms with van der Waals surface area (Å²) in [4.78, 5) is 11.3. The molecule has 2 aromatic rings. The average Bonchev–Trinajstić information content (AvgIpc) is 2.55. The molecule has 0 heterocycles. The molecule has 0 aliphatic carbocycles. The van der Waals surface area contributed by atoms with Gasteiger partial charge in [0.05, 0.1) is 8.07 Å². The zero-order chi connectivity index (χ0) is 17.8. The van der Waals surface area contributed by atoms with Gasteiger partial charge in [-0.05, 0) is 11.6 Å². The number of hydrogen-bond acceptors (Lipinski definition) is 2. The van der Waals surface area contributed by atoms with Gasteiger partial charge in [0.1, 0.15) is 6.10 Å². The second-order valence-corrected chi connectivity index (χ2v) is 11.0. The molecule has 0 radical (unpaired) electrons. The van der Waals surface area contributed by atoms with E-state index >= 15 is 0 Å². The quantitative estimate of drug-likeness (QED) is 0.587. The Labute approximate surface area is 140 Å². The Balaban J connectivity index is 2.28. The fourth-order valence-corrected chi connectivity index (χ4v) is 5.14. The second kappa shape index (κ2) is 7.21. The predicted molar refractivity (Wildman–Crippen MR) is 89.7 cm³/mol. The van der Waals surface area contributed by atoms with Crippen LogP contribution in [-0.2, 0) is 9.53 Å². The molecule has 1 atom stereocenters. The normalized spacial score (nSPS) is 13.4. The van der Waals surface area contributed by atoms with Crippen LogP contribution in [0.15, 0.2) is 60.7 Å². The van der Waals surface area contributed by atoms with E-state index < -0.39 is 26.3 Å². The lowest BCUT2D eigenvalue weighted by Crippen LogP contribution is -2.43. The first-order chi connectivity index (χ1) is 11.2. The van der Waals surface area contributed by atoms with Crippen molar-refractivity contribution in [3.8, 4) is 0 Å². The Morgan fingerprint density at radius 3 is 2.00 bits per heavy atom. The summed E-state index contributed by atoms with van der Waals surface area (Å²) in [6, 6.07) is 18.6. The number of rotatable bonds is 5. The second-order valence-electron chi connectivity index (χ2n) is 6.26. The molecular weight excluding hydrogens is 333 g/mol. The van der Waals surface area contributed by atoms with Crippen molar-refractivity contribution in [2.45, 2.75) is 31.4 Å². The first-order valence-electron chi connectivity index (χ1n) is 7.58. The third-order valence-electron chi connectivity index (χ3n) is 3.90. The molecular formula is C18H19F3O2Si. The van der Waals surface area contributed by atoms with Gasteiger partial charge in [0.25, 0.3) is 0 Å². The summed E-state index contributed by atoms with van der Waals surface area (Å²) in [7, 11) is -2.10. The van der Waals surface area contributed by atoms with E-state index in [0.29, 0.717) is 11.6 Å². The molecule has 0 spiro atoms. The average molecular weight is 352 g/mol. The predicted octanol–water partition coefficient (Wildman–Crippen LogP) is 4.45. The van der Waals surface area contributed by atoms with Crippen LogP contribution in [0, 0.1) is 0 Å². The summed E-state index contributed by atoms with van der Waals surface area (Å²) < 4.78 is 42.7. The van der Waals surface area contributed by atoms with E-state index in [-0.39, 0.29) is 0 Å². The molecule has 2 nitrogen and oxygen atoms in total. The number of ether oxygens (including phenoxy) is 1. The fourth-order valence-electron chi connectivity index (χ4n) is 2.56. The van der Waals surface area contributed by atoms with Crippen LogP contribution in [0.25, 0.3) is 0 Å². The summed E-state index contributed by atoms with van der Waals surface area (Å²) in [5.74, 6) is -2.14. The van der Waals surface area contributed by atoms with E-state index in [1.54, 1.807) is 30.3 Å². The number of hydrogen-bond donors (Lipinski definition) is 0. The molecule has 0 unspecified atom stereocenters. The van der Waals surface area contributed by atoms with Crippen molar-refractivity contribution in [1.29, 1.82) is 0 Å². The number of halogens is 3. The number of carbonyl (C=O) groups is 1. The highest BCUT2D eigenvalue weighted by molar-refractivity contribution is 6.89. The van der Waals surface area contributed by atoms with Gasteiger partial charge in [0, 0.05) is 0 Å². The maximum atomic E-state index is 12.6. The minimum Gasteiger partial charge on any atom is -0.451 e. The summed E-state index contributed by atoms with van der Waals surface area (Å²) in [5.41, 5.74) is 0.576. The topological polar surface area (TPSA) is 26.3 Å². The number of benzene rings is 2. The summed E-state index contributed by atoms with van der Waals surface area (Å²) in [6.45, 7) is 4.11. The first kappa shape index (κ1) is 18.3. The molecule has 128 valence electrons. The molecule has 2 aromatic carbocycles. The maximum absolute atomic E-state index is 12.6. The molecule has 0 aromatic heterocycles. The van der Waals surface area contributed by atoms with Crippen molar-refractivity contribution < 1.29 is 22.7 Å². The zero-order valence-electron chi connectivity index (χ0n) is 13.5. The van der Waals surface area contributed by atoms with Crippen molar-refractivity contribution in [3.63, 3.8) is 0 Å². The van der Waals surface area contributed by atoms with E-state index in [1.165, 1.54) is 0 Å². The van der Waals surface area contributed by atoms with Gasteiger partial charge < -0.3 is 4.74 Å². The van der Waals surface area contributed by atoms with Crippen LogP contribution in [0.2, 0.25) is 19.1 Å². The van der Waals surface area contributed by atoms with Gasteiger partial charge in [0.15, 0.2) is 0 Å². The monoisotopic (exact) mass is 352 g/mol. The Bertz CT molecular complexity index is 670. The lowest BCUT2D eigenvalue weighted by Gasteiger charge is -2.29. The highest BCUT2D eigenvalue weighted by Crippen LogP contribution is 2.30. The highest BCUT2D eigenvalue weighted by Gasteiger charge is 2.43. The first-order valence-corrected chi connectivity index (χ1v) is 10.8. The van der Waals surface area contributed by atoms with Crippen LogP contribution in [0.4, 0.5) is 13.2 Å². The van der Waals surface area contributed by atoms with Crippen molar-refractivity contribution >= 4 is 19.2 Å². The van der Waals surface area contributed by atoms with Gasteiger partial charge >= 0.3 is 12.1 Å². The molecule has 0 aliphatic rings. The molecule has 0 saturated carbocycles. The Morgan fingerprint density at radius 2 is 1.50 bits per heavy atom. The van der Waals surface area contributed by atoms with Gasteiger partial charge in [0.2, 0.25) is 0 Å². The largest absolute Gasteiger partial charge is 0.490 e. The standard InChI is InChI=1S/C18H19F3O2Si/c1-24(2,15-11-7-4-8-12-15)13-16(14-9-5-3-6-10-14)23-17(22)18(19,20)21/h3-12,16H,13H2,1-2H3/t16-/m1/s1. The Kier molecular flexibility index (Phi) is 5.49.